The molecular weight excluding hydrogens is 360 g/mol. The molecule has 3 aromatic rings. The number of rotatable bonds is 5. The summed E-state index contributed by atoms with van der Waals surface area (Å²) in [5.41, 5.74) is 1.10. The van der Waals surface area contributed by atoms with Gasteiger partial charge in [0.15, 0.2) is 0 Å². The second-order valence-electron chi connectivity index (χ2n) is 6.75. The SMILES string of the molecule is CCc1cc(N2CCN(C(C)c3nc(-c4cccs4)no3)CC2)nc(C)n1. The van der Waals surface area contributed by atoms with E-state index < -0.39 is 0 Å². The molecule has 8 heteroatoms. The Morgan fingerprint density at radius 3 is 2.70 bits per heavy atom. The standard InChI is InChI=1S/C19H24N6OS/c1-4-15-12-17(21-14(3)20-15)25-9-7-24(8-10-25)13(2)19-22-18(23-26-19)16-6-5-11-27-16/h5-6,11-13H,4,7-10H2,1-3H3. The third kappa shape index (κ3) is 3.86. The van der Waals surface area contributed by atoms with Crippen molar-refractivity contribution in [3.05, 3.63) is 41.0 Å². The Balaban J connectivity index is 1.41. The molecule has 0 spiro atoms. The molecule has 1 unspecified atom stereocenters. The Morgan fingerprint density at radius 2 is 2.00 bits per heavy atom. The highest BCUT2D eigenvalue weighted by Crippen LogP contribution is 2.26. The summed E-state index contributed by atoms with van der Waals surface area (Å²) in [7, 11) is 0. The van der Waals surface area contributed by atoms with Crippen LogP contribution in [0.2, 0.25) is 0 Å². The van der Waals surface area contributed by atoms with Gasteiger partial charge in [0.1, 0.15) is 11.6 Å². The minimum atomic E-state index is 0.103. The summed E-state index contributed by atoms with van der Waals surface area (Å²) < 4.78 is 5.53. The summed E-state index contributed by atoms with van der Waals surface area (Å²) in [6, 6.07) is 6.22. The Morgan fingerprint density at radius 1 is 1.19 bits per heavy atom. The topological polar surface area (TPSA) is 71.2 Å². The molecule has 142 valence electrons. The molecule has 1 aliphatic heterocycles. The molecular formula is C19H24N6OS. The number of nitrogens with zero attached hydrogens (tertiary/aromatic N) is 6. The summed E-state index contributed by atoms with van der Waals surface area (Å²) in [6.45, 7) is 9.93. The zero-order valence-corrected chi connectivity index (χ0v) is 16.7. The van der Waals surface area contributed by atoms with Crippen molar-refractivity contribution < 1.29 is 4.52 Å². The van der Waals surface area contributed by atoms with Crippen molar-refractivity contribution in [1.29, 1.82) is 0 Å². The van der Waals surface area contributed by atoms with Crippen LogP contribution in [0.15, 0.2) is 28.1 Å². The van der Waals surface area contributed by atoms with Gasteiger partial charge in [0.05, 0.1) is 10.9 Å². The van der Waals surface area contributed by atoms with Gasteiger partial charge in [-0.3, -0.25) is 4.90 Å². The van der Waals surface area contributed by atoms with E-state index in [1.165, 1.54) is 0 Å². The fourth-order valence-electron chi connectivity index (χ4n) is 3.36. The number of aryl methyl sites for hydroxylation is 2. The summed E-state index contributed by atoms with van der Waals surface area (Å²) >= 11 is 1.62. The van der Waals surface area contributed by atoms with E-state index in [-0.39, 0.29) is 6.04 Å². The van der Waals surface area contributed by atoms with E-state index in [2.05, 4.69) is 49.8 Å². The van der Waals surface area contributed by atoms with Crippen molar-refractivity contribution in [3.63, 3.8) is 0 Å². The number of hydrogen-bond acceptors (Lipinski definition) is 8. The van der Waals surface area contributed by atoms with Gasteiger partial charge in [0, 0.05) is 37.9 Å². The van der Waals surface area contributed by atoms with Crippen molar-refractivity contribution >= 4 is 17.2 Å². The molecule has 1 aliphatic rings. The van der Waals surface area contributed by atoms with E-state index in [1.807, 2.05) is 24.4 Å². The summed E-state index contributed by atoms with van der Waals surface area (Å²) in [6.07, 6.45) is 0.928. The summed E-state index contributed by atoms with van der Waals surface area (Å²) in [5, 5.41) is 6.16. The molecule has 7 nitrogen and oxygen atoms in total. The van der Waals surface area contributed by atoms with Crippen LogP contribution < -0.4 is 4.90 Å². The van der Waals surface area contributed by atoms with Crippen molar-refractivity contribution in [1.82, 2.24) is 25.0 Å². The van der Waals surface area contributed by atoms with Crippen LogP contribution in [0, 0.1) is 6.92 Å². The molecule has 3 aromatic heterocycles. The minimum absolute atomic E-state index is 0.103. The first-order chi connectivity index (χ1) is 13.1. The van der Waals surface area contributed by atoms with Gasteiger partial charge in [-0.1, -0.05) is 18.1 Å². The summed E-state index contributed by atoms with van der Waals surface area (Å²) in [4.78, 5) is 19.5. The fraction of sp³-hybridized carbons (Fsp3) is 0.474. The molecule has 4 heterocycles. The maximum Gasteiger partial charge on any atom is 0.244 e. The van der Waals surface area contributed by atoms with E-state index in [9.17, 15) is 0 Å². The van der Waals surface area contributed by atoms with E-state index in [0.29, 0.717) is 11.7 Å². The van der Waals surface area contributed by atoms with Crippen LogP contribution in [-0.2, 0) is 6.42 Å². The average molecular weight is 385 g/mol. The van der Waals surface area contributed by atoms with Crippen molar-refractivity contribution in [2.24, 2.45) is 0 Å². The molecule has 0 bridgehead atoms. The van der Waals surface area contributed by atoms with Gasteiger partial charge in [-0.15, -0.1) is 11.3 Å². The lowest BCUT2D eigenvalue weighted by Gasteiger charge is -2.37. The molecule has 0 aliphatic carbocycles. The Labute approximate surface area is 163 Å². The minimum Gasteiger partial charge on any atom is -0.354 e. The molecule has 0 amide bonds. The van der Waals surface area contributed by atoms with Gasteiger partial charge in [-0.25, -0.2) is 9.97 Å². The molecule has 0 radical (unpaired) electrons. The predicted molar refractivity (Wildman–Crippen MR) is 106 cm³/mol. The van der Waals surface area contributed by atoms with Gasteiger partial charge >= 0.3 is 0 Å². The number of anilines is 1. The third-order valence-electron chi connectivity index (χ3n) is 4.97. The van der Waals surface area contributed by atoms with Gasteiger partial charge < -0.3 is 9.42 Å². The Kier molecular flexibility index (Phi) is 5.18. The van der Waals surface area contributed by atoms with Crippen LogP contribution in [0.5, 0.6) is 0 Å². The molecule has 0 saturated carbocycles. The maximum atomic E-state index is 5.53. The largest absolute Gasteiger partial charge is 0.354 e. The molecule has 1 atom stereocenters. The van der Waals surface area contributed by atoms with E-state index >= 15 is 0 Å². The second kappa shape index (κ2) is 7.74. The number of piperazine rings is 1. The summed E-state index contributed by atoms with van der Waals surface area (Å²) in [5.74, 6) is 3.23. The van der Waals surface area contributed by atoms with E-state index in [0.717, 1.165) is 54.8 Å². The third-order valence-corrected chi connectivity index (χ3v) is 5.83. The highest BCUT2D eigenvalue weighted by atomic mass is 32.1. The predicted octanol–water partition coefficient (Wildman–Crippen LogP) is 3.34. The van der Waals surface area contributed by atoms with Crippen LogP contribution >= 0.6 is 11.3 Å². The molecule has 1 fully saturated rings. The van der Waals surface area contributed by atoms with Crippen molar-refractivity contribution in [3.8, 4) is 10.7 Å². The smallest absolute Gasteiger partial charge is 0.244 e. The molecule has 0 N–H and O–H groups in total. The lowest BCUT2D eigenvalue weighted by molar-refractivity contribution is 0.164. The highest BCUT2D eigenvalue weighted by molar-refractivity contribution is 7.13. The molecule has 27 heavy (non-hydrogen) atoms. The fourth-order valence-corrected chi connectivity index (χ4v) is 4.01. The van der Waals surface area contributed by atoms with Crippen LogP contribution in [0.1, 0.15) is 37.3 Å². The van der Waals surface area contributed by atoms with Crippen molar-refractivity contribution in [2.45, 2.75) is 33.2 Å². The molecule has 4 rings (SSSR count). The first-order valence-corrected chi connectivity index (χ1v) is 10.2. The molecule has 1 saturated heterocycles. The lowest BCUT2D eigenvalue weighted by Crippen LogP contribution is -2.47. The monoisotopic (exact) mass is 384 g/mol. The van der Waals surface area contributed by atoms with Crippen LogP contribution in [-0.4, -0.2) is 51.2 Å². The van der Waals surface area contributed by atoms with Crippen molar-refractivity contribution in [2.75, 3.05) is 31.1 Å². The molecule has 0 aromatic carbocycles. The number of aromatic nitrogens is 4. The Hall–Kier alpha value is -2.32. The first-order valence-electron chi connectivity index (χ1n) is 9.35. The zero-order chi connectivity index (χ0) is 18.8. The van der Waals surface area contributed by atoms with E-state index in [1.54, 1.807) is 11.3 Å². The Bertz CT molecular complexity index is 886. The quantitative estimate of drug-likeness (QED) is 0.668. The maximum absolute atomic E-state index is 5.53. The number of thiophene rings is 1. The van der Waals surface area contributed by atoms with Crippen LogP contribution in [0.3, 0.4) is 0 Å². The second-order valence-corrected chi connectivity index (χ2v) is 7.70. The van der Waals surface area contributed by atoms with Gasteiger partial charge in [0.2, 0.25) is 11.7 Å². The van der Waals surface area contributed by atoms with Gasteiger partial charge in [-0.2, -0.15) is 4.98 Å². The average Bonchev–Trinajstić information content (AvgIpc) is 3.38. The van der Waals surface area contributed by atoms with Gasteiger partial charge in [0.25, 0.3) is 0 Å². The highest BCUT2D eigenvalue weighted by Gasteiger charge is 2.26. The normalized spacial score (nSPS) is 16.6. The van der Waals surface area contributed by atoms with Gasteiger partial charge in [-0.05, 0) is 31.7 Å². The lowest BCUT2D eigenvalue weighted by atomic mass is 10.2. The first kappa shape index (κ1) is 18.1. The van der Waals surface area contributed by atoms with Crippen LogP contribution in [0.25, 0.3) is 10.7 Å². The van der Waals surface area contributed by atoms with E-state index in [4.69, 9.17) is 4.52 Å². The number of hydrogen-bond donors (Lipinski definition) is 0. The zero-order valence-electron chi connectivity index (χ0n) is 15.9. The van der Waals surface area contributed by atoms with Crippen LogP contribution in [0.4, 0.5) is 5.82 Å².